The van der Waals surface area contributed by atoms with Crippen LogP contribution in [0.4, 0.5) is 0 Å². The Balaban J connectivity index is 1.46. The molecule has 0 saturated carbocycles. The lowest BCUT2D eigenvalue weighted by Gasteiger charge is -2.25. The van der Waals surface area contributed by atoms with Gasteiger partial charge in [0.25, 0.3) is 5.91 Å². The van der Waals surface area contributed by atoms with Crippen molar-refractivity contribution in [3.8, 4) is 16.9 Å². The first kappa shape index (κ1) is 20.2. The Morgan fingerprint density at radius 2 is 1.84 bits per heavy atom. The van der Waals surface area contributed by atoms with Crippen LogP contribution >= 0.6 is 0 Å². The summed E-state index contributed by atoms with van der Waals surface area (Å²) in [7, 11) is 1.67. The van der Waals surface area contributed by atoms with Crippen molar-refractivity contribution in [3.05, 3.63) is 77.4 Å². The summed E-state index contributed by atoms with van der Waals surface area (Å²) in [6.07, 6.45) is 1.88. The number of nitrogens with zero attached hydrogens (tertiary/aromatic N) is 3. The summed E-state index contributed by atoms with van der Waals surface area (Å²) in [6, 6.07) is 17.9. The number of benzene rings is 2. The van der Waals surface area contributed by atoms with E-state index in [1.807, 2.05) is 49.1 Å². The number of hydrogen-bond acceptors (Lipinski definition) is 4. The van der Waals surface area contributed by atoms with Crippen LogP contribution in [0, 0.1) is 13.8 Å². The van der Waals surface area contributed by atoms with E-state index in [4.69, 9.17) is 9.72 Å². The number of likely N-dealkylation sites (tertiary alicyclic amines) is 1. The SMILES string of the molecule is COc1ccc(-c2cc(C)nc([C@H]3CCCN3C(=O)c3ccc4nc(C)[nH]c4c3)c2)cc1. The van der Waals surface area contributed by atoms with Gasteiger partial charge in [-0.1, -0.05) is 12.1 Å². The summed E-state index contributed by atoms with van der Waals surface area (Å²) in [5.74, 6) is 1.71. The normalized spacial score (nSPS) is 16.0. The molecule has 5 rings (SSSR count). The second-order valence-corrected chi connectivity index (χ2v) is 8.36. The third-order valence-corrected chi connectivity index (χ3v) is 6.10. The molecular formula is C26H26N4O2. The molecule has 4 aromatic rings. The van der Waals surface area contributed by atoms with Crippen molar-refractivity contribution < 1.29 is 9.53 Å². The molecule has 32 heavy (non-hydrogen) atoms. The van der Waals surface area contributed by atoms with Crippen molar-refractivity contribution in [1.82, 2.24) is 19.9 Å². The average Bonchev–Trinajstić information content (AvgIpc) is 3.43. The molecule has 1 N–H and O–H groups in total. The molecule has 6 nitrogen and oxygen atoms in total. The third-order valence-electron chi connectivity index (χ3n) is 6.10. The maximum atomic E-state index is 13.4. The number of methoxy groups -OCH3 is 1. The number of H-pyrrole nitrogens is 1. The van der Waals surface area contributed by atoms with Crippen molar-refractivity contribution in [2.45, 2.75) is 32.7 Å². The fourth-order valence-electron chi connectivity index (χ4n) is 4.57. The molecule has 162 valence electrons. The van der Waals surface area contributed by atoms with Crippen LogP contribution in [-0.4, -0.2) is 39.4 Å². The highest BCUT2D eigenvalue weighted by Crippen LogP contribution is 2.35. The van der Waals surface area contributed by atoms with Gasteiger partial charge in [0.2, 0.25) is 0 Å². The molecular weight excluding hydrogens is 400 g/mol. The lowest BCUT2D eigenvalue weighted by Crippen LogP contribution is -2.31. The van der Waals surface area contributed by atoms with Crippen LogP contribution in [0.5, 0.6) is 5.75 Å². The van der Waals surface area contributed by atoms with Crippen molar-refractivity contribution in [2.75, 3.05) is 13.7 Å². The second kappa shape index (κ2) is 8.11. The number of nitrogens with one attached hydrogen (secondary N) is 1. The Labute approximate surface area is 187 Å². The van der Waals surface area contributed by atoms with Crippen molar-refractivity contribution in [1.29, 1.82) is 0 Å². The van der Waals surface area contributed by atoms with E-state index in [0.717, 1.165) is 64.5 Å². The zero-order valence-electron chi connectivity index (χ0n) is 18.6. The molecule has 6 heteroatoms. The lowest BCUT2D eigenvalue weighted by molar-refractivity contribution is 0.0733. The van der Waals surface area contributed by atoms with Gasteiger partial charge in [-0.15, -0.1) is 0 Å². The number of rotatable bonds is 4. The van der Waals surface area contributed by atoms with Crippen molar-refractivity contribution in [3.63, 3.8) is 0 Å². The quantitative estimate of drug-likeness (QED) is 0.485. The van der Waals surface area contributed by atoms with Gasteiger partial charge in [-0.3, -0.25) is 9.78 Å². The van der Waals surface area contributed by atoms with E-state index in [1.165, 1.54) is 0 Å². The first-order valence-electron chi connectivity index (χ1n) is 10.9. The molecule has 1 saturated heterocycles. The number of pyridine rings is 1. The highest BCUT2D eigenvalue weighted by atomic mass is 16.5. The highest BCUT2D eigenvalue weighted by molar-refractivity contribution is 5.97. The number of aromatic nitrogens is 3. The topological polar surface area (TPSA) is 71.1 Å². The number of carbonyl (C=O) groups excluding carboxylic acids is 1. The standard InChI is InChI=1S/C26H26N4O2/c1-16-13-20(18-6-9-21(32-3)10-7-18)15-24(27-16)25-5-4-12-30(25)26(31)19-8-11-22-23(14-19)29-17(2)28-22/h6-11,13-15,25H,4-5,12H2,1-3H3,(H,28,29)/t25-/m1/s1. The molecule has 0 aliphatic carbocycles. The Hall–Kier alpha value is -3.67. The first-order chi connectivity index (χ1) is 15.5. The van der Waals surface area contributed by atoms with E-state index < -0.39 is 0 Å². The van der Waals surface area contributed by atoms with E-state index in [1.54, 1.807) is 7.11 Å². The zero-order valence-corrected chi connectivity index (χ0v) is 18.6. The maximum absolute atomic E-state index is 13.4. The highest BCUT2D eigenvalue weighted by Gasteiger charge is 2.32. The molecule has 2 aromatic carbocycles. The molecule has 0 bridgehead atoms. The van der Waals surface area contributed by atoms with Gasteiger partial charge in [-0.05, 0) is 80.3 Å². The molecule has 1 fully saturated rings. The van der Waals surface area contributed by atoms with E-state index in [9.17, 15) is 4.79 Å². The third kappa shape index (κ3) is 3.73. The number of carbonyl (C=O) groups is 1. The molecule has 0 radical (unpaired) electrons. The van der Waals surface area contributed by atoms with Crippen LogP contribution < -0.4 is 4.74 Å². The van der Waals surface area contributed by atoms with E-state index >= 15 is 0 Å². The Kier molecular flexibility index (Phi) is 5.13. The van der Waals surface area contributed by atoms with Crippen LogP contribution in [0.25, 0.3) is 22.2 Å². The number of aryl methyl sites for hydroxylation is 2. The summed E-state index contributed by atoms with van der Waals surface area (Å²) in [5.41, 5.74) is 6.54. The van der Waals surface area contributed by atoms with E-state index in [2.05, 4.69) is 34.2 Å². The van der Waals surface area contributed by atoms with Crippen LogP contribution in [0.15, 0.2) is 54.6 Å². The van der Waals surface area contributed by atoms with Gasteiger partial charge in [0.15, 0.2) is 0 Å². The van der Waals surface area contributed by atoms with E-state index in [0.29, 0.717) is 5.56 Å². The maximum Gasteiger partial charge on any atom is 0.254 e. The van der Waals surface area contributed by atoms with Crippen LogP contribution in [0.2, 0.25) is 0 Å². The number of imidazole rings is 1. The van der Waals surface area contributed by atoms with Gasteiger partial charge >= 0.3 is 0 Å². The lowest BCUT2D eigenvalue weighted by atomic mass is 10.0. The summed E-state index contributed by atoms with van der Waals surface area (Å²) < 4.78 is 5.28. The number of fused-ring (bicyclic) bond motifs is 1. The van der Waals surface area contributed by atoms with Gasteiger partial charge in [-0.25, -0.2) is 4.98 Å². The largest absolute Gasteiger partial charge is 0.497 e. The predicted molar refractivity (Wildman–Crippen MR) is 125 cm³/mol. The summed E-state index contributed by atoms with van der Waals surface area (Å²) >= 11 is 0. The van der Waals surface area contributed by atoms with Crippen LogP contribution in [-0.2, 0) is 0 Å². The van der Waals surface area contributed by atoms with Gasteiger partial charge in [0.05, 0.1) is 29.9 Å². The van der Waals surface area contributed by atoms with E-state index in [-0.39, 0.29) is 11.9 Å². The summed E-state index contributed by atoms with van der Waals surface area (Å²) in [4.78, 5) is 27.9. The number of aromatic amines is 1. The molecule has 0 spiro atoms. The molecule has 1 amide bonds. The Morgan fingerprint density at radius 1 is 1.03 bits per heavy atom. The van der Waals surface area contributed by atoms with Gasteiger partial charge < -0.3 is 14.6 Å². The Morgan fingerprint density at radius 3 is 2.62 bits per heavy atom. The van der Waals surface area contributed by atoms with Gasteiger partial charge in [0, 0.05) is 17.8 Å². The average molecular weight is 427 g/mol. The number of amides is 1. The molecule has 2 aromatic heterocycles. The second-order valence-electron chi connectivity index (χ2n) is 8.36. The van der Waals surface area contributed by atoms with Crippen LogP contribution in [0.1, 0.15) is 46.5 Å². The number of ether oxygens (including phenoxy) is 1. The first-order valence-corrected chi connectivity index (χ1v) is 10.9. The predicted octanol–water partition coefficient (Wildman–Crippen LogP) is 5.23. The summed E-state index contributed by atoms with van der Waals surface area (Å²) in [6.45, 7) is 4.66. The Bertz CT molecular complexity index is 1290. The molecule has 0 unspecified atom stereocenters. The minimum atomic E-state index is -0.0291. The minimum Gasteiger partial charge on any atom is -0.497 e. The molecule has 3 heterocycles. The molecule has 1 aliphatic heterocycles. The smallest absolute Gasteiger partial charge is 0.254 e. The minimum absolute atomic E-state index is 0.0291. The van der Waals surface area contributed by atoms with Crippen molar-refractivity contribution in [2.24, 2.45) is 0 Å². The molecule has 1 aliphatic rings. The van der Waals surface area contributed by atoms with Gasteiger partial charge in [-0.2, -0.15) is 0 Å². The molecule has 1 atom stereocenters. The monoisotopic (exact) mass is 426 g/mol. The fourth-order valence-corrected chi connectivity index (χ4v) is 4.57. The zero-order chi connectivity index (χ0) is 22.2. The fraction of sp³-hybridized carbons (Fsp3) is 0.269. The summed E-state index contributed by atoms with van der Waals surface area (Å²) in [5, 5.41) is 0. The van der Waals surface area contributed by atoms with Crippen molar-refractivity contribution >= 4 is 16.9 Å². The van der Waals surface area contributed by atoms with Gasteiger partial charge in [0.1, 0.15) is 11.6 Å². The van der Waals surface area contributed by atoms with Crippen LogP contribution in [0.3, 0.4) is 0 Å². The number of hydrogen-bond donors (Lipinski definition) is 1.